The molecular weight excluding hydrogens is 316 g/mol. The topological polar surface area (TPSA) is 56.8 Å². The molecule has 6 heteroatoms. The van der Waals surface area contributed by atoms with Crippen molar-refractivity contribution in [1.82, 2.24) is 19.7 Å². The Labute approximate surface area is 148 Å². The van der Waals surface area contributed by atoms with Crippen LogP contribution in [-0.4, -0.2) is 76.8 Å². The zero-order valence-electron chi connectivity index (χ0n) is 14.6. The molecule has 2 saturated heterocycles. The Morgan fingerprint density at radius 2 is 1.84 bits per heavy atom. The molecule has 4 rings (SSSR count). The smallest absolute Gasteiger partial charge is 0.254 e. The van der Waals surface area contributed by atoms with E-state index in [9.17, 15) is 9.59 Å². The third kappa shape index (κ3) is 3.68. The van der Waals surface area contributed by atoms with Crippen LogP contribution in [-0.2, 0) is 4.79 Å². The fourth-order valence-electron chi connectivity index (χ4n) is 3.98. The first-order valence-electron chi connectivity index (χ1n) is 9.44. The molecular formula is C19H26N4O2. The van der Waals surface area contributed by atoms with Crippen molar-refractivity contribution in [3.8, 4) is 0 Å². The summed E-state index contributed by atoms with van der Waals surface area (Å²) in [6, 6.07) is 3.55. The molecule has 0 N–H and O–H groups in total. The quantitative estimate of drug-likeness (QED) is 0.826. The highest BCUT2D eigenvalue weighted by Crippen LogP contribution is 2.31. The molecule has 1 atom stereocenters. The van der Waals surface area contributed by atoms with E-state index in [2.05, 4.69) is 14.8 Å². The van der Waals surface area contributed by atoms with Crippen LogP contribution in [0.15, 0.2) is 24.5 Å². The van der Waals surface area contributed by atoms with Crippen LogP contribution in [0.2, 0.25) is 0 Å². The number of carbonyl (C=O) groups is 2. The van der Waals surface area contributed by atoms with Gasteiger partial charge in [0.25, 0.3) is 5.91 Å². The molecule has 1 aromatic rings. The highest BCUT2D eigenvalue weighted by atomic mass is 16.2. The summed E-state index contributed by atoms with van der Waals surface area (Å²) in [5, 5.41) is 0. The molecule has 0 radical (unpaired) electrons. The number of likely N-dealkylation sites (tertiary alicyclic amines) is 1. The number of carbonyl (C=O) groups excluding carboxylic acids is 2. The third-order valence-corrected chi connectivity index (χ3v) is 5.63. The van der Waals surface area contributed by atoms with Gasteiger partial charge in [-0.15, -0.1) is 0 Å². The number of nitrogens with zero attached hydrogens (tertiary/aromatic N) is 4. The van der Waals surface area contributed by atoms with Crippen LogP contribution in [0.1, 0.15) is 36.0 Å². The van der Waals surface area contributed by atoms with Crippen molar-refractivity contribution in [3.05, 3.63) is 30.1 Å². The molecule has 1 saturated carbocycles. The molecule has 3 fully saturated rings. The number of pyridine rings is 1. The van der Waals surface area contributed by atoms with Gasteiger partial charge in [-0.1, -0.05) is 0 Å². The number of amides is 2. The Kier molecular flexibility index (Phi) is 4.70. The molecule has 2 aliphatic heterocycles. The molecule has 6 nitrogen and oxygen atoms in total. The lowest BCUT2D eigenvalue weighted by Crippen LogP contribution is -2.44. The minimum absolute atomic E-state index is 0.0229. The standard InChI is InChI=1S/C19H26N4O2/c24-18(16-4-7-20-8-5-16)22-10-1-9-21(12-13-22)17-6-11-23(19(17)25)14-15-2-3-15/h4-5,7-8,15,17H,1-3,6,9-14H2/t17-/m1/s1. The van der Waals surface area contributed by atoms with Crippen molar-refractivity contribution in [2.45, 2.75) is 31.7 Å². The van der Waals surface area contributed by atoms with Gasteiger partial charge in [0.1, 0.15) is 0 Å². The van der Waals surface area contributed by atoms with Crippen molar-refractivity contribution >= 4 is 11.8 Å². The molecule has 1 aliphatic carbocycles. The summed E-state index contributed by atoms with van der Waals surface area (Å²) in [5.41, 5.74) is 0.691. The molecule has 3 aliphatic rings. The normalized spacial score (nSPS) is 25.3. The Morgan fingerprint density at radius 3 is 2.60 bits per heavy atom. The van der Waals surface area contributed by atoms with Crippen LogP contribution in [0.5, 0.6) is 0 Å². The van der Waals surface area contributed by atoms with E-state index in [1.807, 2.05) is 4.90 Å². The molecule has 0 bridgehead atoms. The zero-order chi connectivity index (χ0) is 17.2. The average Bonchev–Trinajstić information content (AvgIpc) is 3.43. The van der Waals surface area contributed by atoms with E-state index in [-0.39, 0.29) is 11.9 Å². The van der Waals surface area contributed by atoms with Crippen molar-refractivity contribution < 1.29 is 9.59 Å². The summed E-state index contributed by atoms with van der Waals surface area (Å²) in [7, 11) is 0. The summed E-state index contributed by atoms with van der Waals surface area (Å²) < 4.78 is 0. The molecule has 3 heterocycles. The molecule has 134 valence electrons. The van der Waals surface area contributed by atoms with Crippen LogP contribution in [0.3, 0.4) is 0 Å². The van der Waals surface area contributed by atoms with Crippen molar-refractivity contribution in [2.75, 3.05) is 39.3 Å². The Balaban J connectivity index is 1.35. The van der Waals surface area contributed by atoms with Gasteiger partial charge in [-0.2, -0.15) is 0 Å². The largest absolute Gasteiger partial charge is 0.341 e. The Hall–Kier alpha value is -1.95. The van der Waals surface area contributed by atoms with Crippen molar-refractivity contribution in [1.29, 1.82) is 0 Å². The second kappa shape index (κ2) is 7.12. The van der Waals surface area contributed by atoms with Gasteiger partial charge in [0.05, 0.1) is 6.04 Å². The minimum Gasteiger partial charge on any atom is -0.341 e. The summed E-state index contributed by atoms with van der Waals surface area (Å²) in [6.45, 7) is 4.97. The number of aromatic nitrogens is 1. The van der Waals surface area contributed by atoms with Crippen LogP contribution < -0.4 is 0 Å². The summed E-state index contributed by atoms with van der Waals surface area (Å²) in [6.07, 6.45) is 7.73. The summed E-state index contributed by atoms with van der Waals surface area (Å²) in [4.78, 5) is 35.6. The van der Waals surface area contributed by atoms with Gasteiger partial charge in [-0.05, 0) is 43.7 Å². The van der Waals surface area contributed by atoms with E-state index >= 15 is 0 Å². The van der Waals surface area contributed by atoms with Gasteiger partial charge in [0.15, 0.2) is 0 Å². The number of hydrogen-bond donors (Lipinski definition) is 0. The van der Waals surface area contributed by atoms with Crippen LogP contribution in [0.25, 0.3) is 0 Å². The van der Waals surface area contributed by atoms with E-state index in [0.717, 1.165) is 51.5 Å². The molecule has 0 unspecified atom stereocenters. The predicted octanol–water partition coefficient (Wildman–Crippen LogP) is 1.24. The maximum absolute atomic E-state index is 12.7. The number of hydrogen-bond acceptors (Lipinski definition) is 4. The average molecular weight is 342 g/mol. The van der Waals surface area contributed by atoms with Gasteiger partial charge in [0.2, 0.25) is 5.91 Å². The van der Waals surface area contributed by atoms with E-state index in [1.54, 1.807) is 24.5 Å². The zero-order valence-corrected chi connectivity index (χ0v) is 14.6. The fourth-order valence-corrected chi connectivity index (χ4v) is 3.98. The maximum Gasteiger partial charge on any atom is 0.254 e. The van der Waals surface area contributed by atoms with E-state index in [0.29, 0.717) is 18.0 Å². The molecule has 0 spiro atoms. The molecule has 2 amide bonds. The first-order valence-corrected chi connectivity index (χ1v) is 9.44. The fraction of sp³-hybridized carbons (Fsp3) is 0.632. The Bertz CT molecular complexity index is 632. The predicted molar refractivity (Wildman–Crippen MR) is 94.0 cm³/mol. The van der Waals surface area contributed by atoms with Crippen molar-refractivity contribution in [3.63, 3.8) is 0 Å². The van der Waals surface area contributed by atoms with Crippen LogP contribution >= 0.6 is 0 Å². The third-order valence-electron chi connectivity index (χ3n) is 5.63. The monoisotopic (exact) mass is 342 g/mol. The van der Waals surface area contributed by atoms with Crippen LogP contribution in [0, 0.1) is 5.92 Å². The molecule has 0 aromatic carbocycles. The van der Waals surface area contributed by atoms with Gasteiger partial charge in [0, 0.05) is 57.2 Å². The lowest BCUT2D eigenvalue weighted by molar-refractivity contribution is -0.132. The second-order valence-electron chi connectivity index (χ2n) is 7.45. The van der Waals surface area contributed by atoms with Gasteiger partial charge >= 0.3 is 0 Å². The highest BCUT2D eigenvalue weighted by Gasteiger charge is 2.38. The van der Waals surface area contributed by atoms with Gasteiger partial charge in [-0.3, -0.25) is 19.5 Å². The summed E-state index contributed by atoms with van der Waals surface area (Å²) in [5.74, 6) is 1.12. The molecule has 1 aromatic heterocycles. The van der Waals surface area contributed by atoms with E-state index < -0.39 is 0 Å². The SMILES string of the molecule is O=C(c1ccncc1)N1CCCN([C@@H]2CCN(CC3CC3)C2=O)CC1. The van der Waals surface area contributed by atoms with Gasteiger partial charge in [-0.25, -0.2) is 0 Å². The van der Waals surface area contributed by atoms with E-state index in [1.165, 1.54) is 12.8 Å². The van der Waals surface area contributed by atoms with E-state index in [4.69, 9.17) is 0 Å². The maximum atomic E-state index is 12.7. The molecule has 25 heavy (non-hydrogen) atoms. The number of rotatable bonds is 4. The highest BCUT2D eigenvalue weighted by molar-refractivity contribution is 5.94. The minimum atomic E-state index is 0.0229. The second-order valence-corrected chi connectivity index (χ2v) is 7.45. The lowest BCUT2D eigenvalue weighted by Gasteiger charge is -2.26. The first-order chi connectivity index (χ1) is 12.2. The van der Waals surface area contributed by atoms with Gasteiger partial charge < -0.3 is 9.80 Å². The van der Waals surface area contributed by atoms with Crippen molar-refractivity contribution in [2.24, 2.45) is 5.92 Å². The lowest BCUT2D eigenvalue weighted by atomic mass is 10.2. The summed E-state index contributed by atoms with van der Waals surface area (Å²) >= 11 is 0. The Morgan fingerprint density at radius 1 is 1.04 bits per heavy atom. The first kappa shape index (κ1) is 16.5. The van der Waals surface area contributed by atoms with Crippen LogP contribution in [0.4, 0.5) is 0 Å².